The van der Waals surface area contributed by atoms with Crippen LogP contribution in [0.1, 0.15) is 39.4 Å². The highest BCUT2D eigenvalue weighted by molar-refractivity contribution is 7.09. The maximum atomic E-state index is 12.0. The maximum absolute atomic E-state index is 12.0. The number of carbonyl (C=O) groups excluding carboxylic acids is 1. The van der Waals surface area contributed by atoms with Crippen molar-refractivity contribution in [2.24, 2.45) is 5.92 Å². The van der Waals surface area contributed by atoms with Gasteiger partial charge in [-0.3, -0.25) is 0 Å². The van der Waals surface area contributed by atoms with Crippen molar-refractivity contribution in [1.82, 2.24) is 14.3 Å². The molecule has 1 amide bonds. The largest absolute Gasteiger partial charge is 0.444 e. The van der Waals surface area contributed by atoms with Crippen LogP contribution in [-0.4, -0.2) is 52.6 Å². The summed E-state index contributed by atoms with van der Waals surface area (Å²) < 4.78 is 9.63. The fraction of sp³-hybridized carbons (Fsp3) is 0.800. The molecule has 1 aromatic rings. The minimum atomic E-state index is -0.440. The molecule has 0 bridgehead atoms. The standard InChI is InChI=1S/C15H26N4O2S/c1-11-16-13(22-17-11)19-8-6-12(7-9-19)10-18(5)14(20)21-15(2,3)4/h12H,6-10H2,1-5H3. The van der Waals surface area contributed by atoms with Gasteiger partial charge in [0.25, 0.3) is 0 Å². The van der Waals surface area contributed by atoms with Crippen LogP contribution in [0.15, 0.2) is 0 Å². The van der Waals surface area contributed by atoms with Crippen molar-refractivity contribution >= 4 is 22.8 Å². The fourth-order valence-corrected chi connectivity index (χ4v) is 3.25. The molecule has 1 fully saturated rings. The second kappa shape index (κ2) is 6.81. The van der Waals surface area contributed by atoms with E-state index in [2.05, 4.69) is 14.3 Å². The molecule has 7 heteroatoms. The summed E-state index contributed by atoms with van der Waals surface area (Å²) in [5.41, 5.74) is -0.440. The van der Waals surface area contributed by atoms with Crippen molar-refractivity contribution in [3.05, 3.63) is 5.82 Å². The molecule has 0 unspecified atom stereocenters. The van der Waals surface area contributed by atoms with Crippen LogP contribution < -0.4 is 4.90 Å². The summed E-state index contributed by atoms with van der Waals surface area (Å²) in [7, 11) is 1.81. The van der Waals surface area contributed by atoms with Crippen LogP contribution in [0.4, 0.5) is 9.93 Å². The van der Waals surface area contributed by atoms with E-state index in [1.54, 1.807) is 4.90 Å². The van der Waals surface area contributed by atoms with Gasteiger partial charge in [0.15, 0.2) is 0 Å². The lowest BCUT2D eigenvalue weighted by Gasteiger charge is -2.34. The van der Waals surface area contributed by atoms with Crippen molar-refractivity contribution in [3.8, 4) is 0 Å². The second-order valence-corrected chi connectivity index (χ2v) is 7.65. The Kier molecular flexibility index (Phi) is 5.26. The molecular weight excluding hydrogens is 300 g/mol. The summed E-state index contributed by atoms with van der Waals surface area (Å²) in [5.74, 6) is 1.36. The first-order chi connectivity index (χ1) is 10.2. The lowest BCUT2D eigenvalue weighted by molar-refractivity contribution is 0.0266. The number of hydrogen-bond acceptors (Lipinski definition) is 6. The van der Waals surface area contributed by atoms with Gasteiger partial charge in [-0.15, -0.1) is 0 Å². The van der Waals surface area contributed by atoms with Crippen LogP contribution in [0.3, 0.4) is 0 Å². The number of aryl methyl sites for hydroxylation is 1. The van der Waals surface area contributed by atoms with Crippen molar-refractivity contribution in [3.63, 3.8) is 0 Å². The van der Waals surface area contributed by atoms with Crippen LogP contribution in [0, 0.1) is 12.8 Å². The van der Waals surface area contributed by atoms with Crippen LogP contribution in [-0.2, 0) is 4.74 Å². The zero-order valence-electron chi connectivity index (χ0n) is 14.1. The summed E-state index contributed by atoms with van der Waals surface area (Å²) >= 11 is 1.46. The first kappa shape index (κ1) is 17.0. The topological polar surface area (TPSA) is 58.6 Å². The average Bonchev–Trinajstić information content (AvgIpc) is 2.84. The predicted octanol–water partition coefficient (Wildman–Crippen LogP) is 2.93. The number of ether oxygens (including phenoxy) is 1. The molecular formula is C15H26N4O2S. The van der Waals surface area contributed by atoms with Crippen molar-refractivity contribution in [1.29, 1.82) is 0 Å². The summed E-state index contributed by atoms with van der Waals surface area (Å²) in [6.45, 7) is 10.3. The van der Waals surface area contributed by atoms with E-state index < -0.39 is 5.60 Å². The molecule has 0 aliphatic carbocycles. The molecule has 0 atom stereocenters. The molecule has 0 spiro atoms. The van der Waals surface area contributed by atoms with Crippen molar-refractivity contribution < 1.29 is 9.53 Å². The number of rotatable bonds is 3. The normalized spacial score (nSPS) is 16.7. The van der Waals surface area contributed by atoms with Crippen LogP contribution in [0.5, 0.6) is 0 Å². The van der Waals surface area contributed by atoms with Gasteiger partial charge in [-0.05, 0) is 46.5 Å². The summed E-state index contributed by atoms with van der Waals surface area (Å²) in [5, 5.41) is 1.01. The number of nitrogens with zero attached hydrogens (tertiary/aromatic N) is 4. The minimum absolute atomic E-state index is 0.241. The highest BCUT2D eigenvalue weighted by atomic mass is 32.1. The monoisotopic (exact) mass is 326 g/mol. The average molecular weight is 326 g/mol. The molecule has 0 radical (unpaired) electrons. The Morgan fingerprint density at radius 1 is 1.41 bits per heavy atom. The molecule has 1 aliphatic rings. The van der Waals surface area contributed by atoms with Gasteiger partial charge in [-0.2, -0.15) is 4.37 Å². The second-order valence-electron chi connectivity index (χ2n) is 6.92. The Balaban J connectivity index is 1.78. The van der Waals surface area contributed by atoms with E-state index in [0.717, 1.165) is 43.4 Å². The molecule has 1 saturated heterocycles. The Bertz CT molecular complexity index is 504. The molecule has 22 heavy (non-hydrogen) atoms. The van der Waals surface area contributed by atoms with Gasteiger partial charge >= 0.3 is 6.09 Å². The minimum Gasteiger partial charge on any atom is -0.444 e. The molecule has 124 valence electrons. The highest BCUT2D eigenvalue weighted by Gasteiger charge is 2.25. The zero-order chi connectivity index (χ0) is 16.3. The fourth-order valence-electron chi connectivity index (χ4n) is 2.52. The Labute approximate surface area is 136 Å². The van der Waals surface area contributed by atoms with Crippen molar-refractivity contribution in [2.45, 2.75) is 46.1 Å². The van der Waals surface area contributed by atoms with Crippen molar-refractivity contribution in [2.75, 3.05) is 31.6 Å². The van der Waals surface area contributed by atoms with E-state index >= 15 is 0 Å². The SMILES string of the molecule is Cc1nsc(N2CCC(CN(C)C(=O)OC(C)(C)C)CC2)n1. The van der Waals surface area contributed by atoms with Gasteiger partial charge in [0.1, 0.15) is 11.4 Å². The number of carbonyl (C=O) groups is 1. The molecule has 0 saturated carbocycles. The van der Waals surface area contributed by atoms with E-state index in [4.69, 9.17) is 4.74 Å². The van der Waals surface area contributed by atoms with Crippen LogP contribution in [0.25, 0.3) is 0 Å². The smallest absolute Gasteiger partial charge is 0.410 e. The quantitative estimate of drug-likeness (QED) is 0.855. The first-order valence-corrected chi connectivity index (χ1v) is 8.51. The summed E-state index contributed by atoms with van der Waals surface area (Å²) in [6, 6.07) is 0. The highest BCUT2D eigenvalue weighted by Crippen LogP contribution is 2.25. The Hall–Kier alpha value is -1.37. The number of anilines is 1. The molecule has 2 rings (SSSR count). The molecule has 0 aromatic carbocycles. The Morgan fingerprint density at radius 2 is 2.05 bits per heavy atom. The third-order valence-corrected chi connectivity index (χ3v) is 4.51. The van der Waals surface area contributed by atoms with E-state index in [-0.39, 0.29) is 6.09 Å². The summed E-state index contributed by atoms with van der Waals surface area (Å²) in [6.07, 6.45) is 1.88. The van der Waals surface area contributed by atoms with E-state index in [1.165, 1.54) is 11.5 Å². The van der Waals surface area contributed by atoms with E-state index in [0.29, 0.717) is 5.92 Å². The third kappa shape index (κ3) is 4.83. The molecule has 6 nitrogen and oxygen atoms in total. The lowest BCUT2D eigenvalue weighted by Crippen LogP contribution is -2.41. The van der Waals surface area contributed by atoms with Gasteiger partial charge in [0.2, 0.25) is 5.13 Å². The predicted molar refractivity (Wildman–Crippen MR) is 88.4 cm³/mol. The molecule has 0 N–H and O–H groups in total. The maximum Gasteiger partial charge on any atom is 0.410 e. The van der Waals surface area contributed by atoms with E-state index in [1.807, 2.05) is 34.7 Å². The molecule has 1 aliphatic heterocycles. The lowest BCUT2D eigenvalue weighted by atomic mass is 9.97. The van der Waals surface area contributed by atoms with Gasteiger partial charge in [-0.25, -0.2) is 9.78 Å². The van der Waals surface area contributed by atoms with Gasteiger partial charge < -0.3 is 14.5 Å². The van der Waals surface area contributed by atoms with Gasteiger partial charge in [0, 0.05) is 38.2 Å². The first-order valence-electron chi connectivity index (χ1n) is 7.74. The zero-order valence-corrected chi connectivity index (χ0v) is 14.9. The number of piperidine rings is 1. The van der Waals surface area contributed by atoms with Crippen LogP contribution >= 0.6 is 11.5 Å². The van der Waals surface area contributed by atoms with E-state index in [9.17, 15) is 4.79 Å². The summed E-state index contributed by atoms with van der Waals surface area (Å²) in [4.78, 5) is 20.4. The molecule has 1 aromatic heterocycles. The molecule has 2 heterocycles. The Morgan fingerprint density at radius 3 is 2.55 bits per heavy atom. The van der Waals surface area contributed by atoms with Gasteiger partial charge in [0.05, 0.1) is 0 Å². The van der Waals surface area contributed by atoms with Gasteiger partial charge in [-0.1, -0.05) is 0 Å². The van der Waals surface area contributed by atoms with Crippen LogP contribution in [0.2, 0.25) is 0 Å². The number of aromatic nitrogens is 2. The number of hydrogen-bond donors (Lipinski definition) is 0. The third-order valence-electron chi connectivity index (χ3n) is 3.64. The number of amides is 1.